The van der Waals surface area contributed by atoms with Crippen LogP contribution in [0.5, 0.6) is 0 Å². The molecule has 2 saturated carbocycles. The molecule has 5 fully saturated rings. The molecule has 14 nitrogen and oxygen atoms in total. The number of rotatable bonds is 7. The predicted molar refractivity (Wildman–Crippen MR) is 158 cm³/mol. The molecule has 3 aliphatic carbocycles. The maximum absolute atomic E-state index is 13.8. The smallest absolute Gasteiger partial charge is 0.348 e. The van der Waals surface area contributed by atoms with E-state index < -0.39 is 101 Å². The van der Waals surface area contributed by atoms with Crippen molar-refractivity contribution in [2.45, 2.75) is 97.4 Å². The maximum Gasteiger partial charge on any atom is 0.348 e. The first kappa shape index (κ1) is 34.7. The van der Waals surface area contributed by atoms with Crippen molar-refractivity contribution >= 4 is 35.6 Å². The number of fused-ring (bicyclic) bond motifs is 3. The molecule has 0 aromatic rings. The topological polar surface area (TPSA) is 201 Å². The van der Waals surface area contributed by atoms with E-state index in [9.17, 15) is 39.0 Å². The van der Waals surface area contributed by atoms with Gasteiger partial charge in [-0.2, -0.15) is 0 Å². The van der Waals surface area contributed by atoms with Crippen molar-refractivity contribution in [1.82, 2.24) is 5.32 Å². The highest BCUT2D eigenvalue weighted by Crippen LogP contribution is 2.70. The number of allylic oxidation sites excluding steroid dienone is 3. The van der Waals surface area contributed by atoms with Crippen LogP contribution in [0.25, 0.3) is 0 Å². The number of methoxy groups -OCH3 is 1. The van der Waals surface area contributed by atoms with Crippen LogP contribution in [0.1, 0.15) is 60.8 Å². The molecule has 258 valence electrons. The van der Waals surface area contributed by atoms with Crippen LogP contribution >= 0.6 is 0 Å². The predicted octanol–water partition coefficient (Wildman–Crippen LogP) is 0.663. The van der Waals surface area contributed by atoms with Crippen LogP contribution in [-0.4, -0.2) is 96.1 Å². The zero-order valence-corrected chi connectivity index (χ0v) is 27.6. The fourth-order valence-electron chi connectivity index (χ4n) is 9.29. The van der Waals surface area contributed by atoms with Crippen LogP contribution in [0.3, 0.4) is 0 Å². The lowest BCUT2D eigenvalue weighted by atomic mass is 9.41. The van der Waals surface area contributed by atoms with E-state index in [-0.39, 0.29) is 37.5 Å². The van der Waals surface area contributed by atoms with Gasteiger partial charge in [0.2, 0.25) is 12.0 Å². The molecule has 2 unspecified atom stereocenters. The highest BCUT2D eigenvalue weighted by molar-refractivity contribution is 5.98. The number of Topliss-reactive ketones (excluding diaryl/α,β-unsaturated/α-hetero) is 1. The van der Waals surface area contributed by atoms with Gasteiger partial charge in [-0.05, 0) is 51.0 Å². The second-order valence-corrected chi connectivity index (χ2v) is 14.1. The first-order valence-corrected chi connectivity index (χ1v) is 15.8. The molecule has 6 aliphatic rings. The van der Waals surface area contributed by atoms with Crippen LogP contribution < -0.4 is 5.32 Å². The monoisotopic (exact) mass is 661 g/mol. The Morgan fingerprint density at radius 3 is 2.43 bits per heavy atom. The van der Waals surface area contributed by atoms with E-state index in [1.807, 2.05) is 0 Å². The summed E-state index contributed by atoms with van der Waals surface area (Å²) in [5, 5.41) is 26.2. The van der Waals surface area contributed by atoms with Gasteiger partial charge in [-0.15, -0.1) is 0 Å². The molecule has 14 heteroatoms. The van der Waals surface area contributed by atoms with Crippen LogP contribution in [0.15, 0.2) is 23.0 Å². The number of ketones is 1. The van der Waals surface area contributed by atoms with E-state index >= 15 is 0 Å². The zero-order valence-electron chi connectivity index (χ0n) is 27.6. The van der Waals surface area contributed by atoms with E-state index in [2.05, 4.69) is 5.32 Å². The molecule has 2 bridgehead atoms. The molecule has 1 spiro atoms. The summed E-state index contributed by atoms with van der Waals surface area (Å²) < 4.78 is 28.6. The van der Waals surface area contributed by atoms with Crippen molar-refractivity contribution in [3.63, 3.8) is 0 Å². The van der Waals surface area contributed by atoms with Crippen molar-refractivity contribution in [3.8, 4) is 0 Å². The minimum absolute atomic E-state index is 0.0943. The molecule has 0 aromatic heterocycles. The maximum atomic E-state index is 13.8. The number of hydrogen-bond acceptors (Lipinski definition) is 13. The summed E-state index contributed by atoms with van der Waals surface area (Å²) in [6.07, 6.45) is -6.29. The van der Waals surface area contributed by atoms with Gasteiger partial charge < -0.3 is 39.2 Å². The number of ether oxygens (including phenoxy) is 5. The average Bonchev–Trinajstić information content (AvgIpc) is 3.12. The number of nitrogens with one attached hydrogen (secondary N) is 1. The average molecular weight is 662 g/mol. The lowest BCUT2D eigenvalue weighted by molar-refractivity contribution is -0.288. The summed E-state index contributed by atoms with van der Waals surface area (Å²) in [6.45, 7) is 9.52. The van der Waals surface area contributed by atoms with Gasteiger partial charge in [0.1, 0.15) is 12.2 Å². The Bertz CT molecular complexity index is 1450. The van der Waals surface area contributed by atoms with Crippen LogP contribution in [0, 0.1) is 34.5 Å². The second-order valence-electron chi connectivity index (χ2n) is 14.1. The third-order valence-corrected chi connectivity index (χ3v) is 10.8. The van der Waals surface area contributed by atoms with Crippen LogP contribution in [-0.2, 0) is 52.5 Å². The van der Waals surface area contributed by atoms with Gasteiger partial charge in [0.25, 0.3) is 0 Å². The summed E-state index contributed by atoms with van der Waals surface area (Å²) in [4.78, 5) is 78.2. The molecule has 0 radical (unpaired) electrons. The SMILES string of the molecule is COC(=O)C1[C@H]2OC[C@]34C([C@@H](O)[C@@H]2O)[C@@]2(C)CC(=O)C(OC(=O)C[C@H](C)NC(C)=O)=C(C)[C@@H]2C[C@H]3OC(=O)[C@H](OC(=O)C=C(C)C)[C@@H]14. The summed E-state index contributed by atoms with van der Waals surface area (Å²) in [6, 6.07) is -0.544. The Morgan fingerprint density at radius 2 is 1.81 bits per heavy atom. The Morgan fingerprint density at radius 1 is 1.13 bits per heavy atom. The lowest BCUT2D eigenvalue weighted by Crippen LogP contribution is -2.73. The molecule has 3 N–H and O–H groups in total. The van der Waals surface area contributed by atoms with E-state index in [1.54, 1.807) is 34.6 Å². The molecular formula is C33H43NO13. The van der Waals surface area contributed by atoms with Gasteiger partial charge in [-0.25, -0.2) is 9.59 Å². The molecule has 1 amide bonds. The van der Waals surface area contributed by atoms with Crippen molar-refractivity contribution in [3.05, 3.63) is 23.0 Å². The van der Waals surface area contributed by atoms with Gasteiger partial charge in [0.05, 0.1) is 38.3 Å². The van der Waals surface area contributed by atoms with E-state index in [0.717, 1.165) is 7.11 Å². The number of carbonyl (C=O) groups excluding carboxylic acids is 6. The van der Waals surface area contributed by atoms with E-state index in [4.69, 9.17) is 23.7 Å². The third kappa shape index (κ3) is 5.57. The lowest BCUT2D eigenvalue weighted by Gasteiger charge is -2.66. The number of aliphatic hydroxyl groups is 2. The summed E-state index contributed by atoms with van der Waals surface area (Å²) >= 11 is 0. The fourth-order valence-corrected chi connectivity index (χ4v) is 9.29. The minimum Gasteiger partial charge on any atom is -0.469 e. The van der Waals surface area contributed by atoms with Crippen LogP contribution in [0.4, 0.5) is 0 Å². The standard InChI is InChI=1S/C33H43NO13/c1-13(2)8-20(37)47-28-23-22(30(41)43-7)27-24(39)25(40)29-32(6)11-18(36)26(46-21(38)9-14(3)34-16(5)35)15(4)17(32)10-19(45-31(28)42)33(23,29)12-44-27/h8,14,17,19,22-25,27-29,39-40H,9-12H2,1-7H3,(H,34,35)/t14-,17-,19+,22?,23+,24-,25-,27+,28+,29?,32-,33-/m0/s1. The summed E-state index contributed by atoms with van der Waals surface area (Å²) in [7, 11) is 1.15. The van der Waals surface area contributed by atoms with Gasteiger partial charge in [-0.3, -0.25) is 19.2 Å². The molecule has 47 heavy (non-hydrogen) atoms. The Labute approximate surface area is 272 Å². The van der Waals surface area contributed by atoms with Crippen molar-refractivity contribution < 1.29 is 62.7 Å². The summed E-state index contributed by atoms with van der Waals surface area (Å²) in [5.41, 5.74) is -1.53. The quantitative estimate of drug-likeness (QED) is 0.195. The molecule has 6 rings (SSSR count). The molecule has 3 heterocycles. The second kappa shape index (κ2) is 12.4. The molecule has 3 saturated heterocycles. The van der Waals surface area contributed by atoms with Crippen LogP contribution in [0.2, 0.25) is 0 Å². The minimum atomic E-state index is -1.65. The number of amides is 1. The normalized spacial score (nSPS) is 39.3. The Balaban J connectivity index is 1.62. The van der Waals surface area contributed by atoms with Gasteiger partial charge in [0.15, 0.2) is 11.5 Å². The summed E-state index contributed by atoms with van der Waals surface area (Å²) in [5.74, 6) is -8.38. The first-order valence-electron chi connectivity index (χ1n) is 15.8. The highest BCUT2D eigenvalue weighted by atomic mass is 16.6. The van der Waals surface area contributed by atoms with Gasteiger partial charge in [-0.1, -0.05) is 12.5 Å². The molecule has 3 aliphatic heterocycles. The van der Waals surface area contributed by atoms with Gasteiger partial charge >= 0.3 is 23.9 Å². The number of hydrogen-bond donors (Lipinski definition) is 3. The Hall–Kier alpha value is -3.62. The number of carbonyl (C=O) groups is 6. The van der Waals surface area contributed by atoms with Crippen molar-refractivity contribution in [2.24, 2.45) is 34.5 Å². The largest absolute Gasteiger partial charge is 0.469 e. The third-order valence-electron chi connectivity index (χ3n) is 10.8. The fraction of sp³-hybridized carbons (Fsp3) is 0.697. The number of aliphatic hydroxyl groups excluding tert-OH is 2. The van der Waals surface area contributed by atoms with Crippen molar-refractivity contribution in [1.29, 1.82) is 0 Å². The zero-order chi connectivity index (χ0) is 34.7. The van der Waals surface area contributed by atoms with Gasteiger partial charge in [0, 0.05) is 42.7 Å². The first-order chi connectivity index (χ1) is 22.0. The Kier molecular flexibility index (Phi) is 9.19. The number of esters is 4. The molecular weight excluding hydrogens is 618 g/mol. The van der Waals surface area contributed by atoms with E-state index in [1.165, 1.54) is 13.0 Å². The highest BCUT2D eigenvalue weighted by Gasteiger charge is 2.78. The molecule has 12 atom stereocenters. The van der Waals surface area contributed by atoms with Crippen molar-refractivity contribution in [2.75, 3.05) is 13.7 Å². The van der Waals surface area contributed by atoms with E-state index in [0.29, 0.717) is 11.1 Å². The molecule has 0 aromatic carbocycles.